The van der Waals surface area contributed by atoms with Crippen LogP contribution in [0.15, 0.2) is 12.7 Å². The quantitative estimate of drug-likeness (QED) is 0.713. The summed E-state index contributed by atoms with van der Waals surface area (Å²) in [7, 11) is 0. The molecule has 0 radical (unpaired) electrons. The largest absolute Gasteiger partial charge is 0.390 e. The van der Waals surface area contributed by atoms with Crippen molar-refractivity contribution >= 4 is 0 Å². The van der Waals surface area contributed by atoms with E-state index in [-0.39, 0.29) is 5.41 Å². The predicted molar refractivity (Wildman–Crippen MR) is 92.8 cm³/mol. The summed E-state index contributed by atoms with van der Waals surface area (Å²) < 4.78 is 0. The lowest BCUT2D eigenvalue weighted by atomic mass is 9.44. The fraction of sp³-hybridized carbons (Fsp3) is 0.905. The number of hydrogen-bond acceptors (Lipinski definition) is 2. The first-order chi connectivity index (χ1) is 10.9. The van der Waals surface area contributed by atoms with Gasteiger partial charge in [0.25, 0.3) is 0 Å². The Hall–Kier alpha value is -0.340. The Bertz CT molecular complexity index is 488. The number of allylic oxidation sites excluding steroid dienone is 1. The third-order valence-electron chi connectivity index (χ3n) is 9.09. The fourth-order valence-electron chi connectivity index (χ4n) is 7.74. The van der Waals surface area contributed by atoms with E-state index in [4.69, 9.17) is 0 Å². The van der Waals surface area contributed by atoms with E-state index in [9.17, 15) is 10.2 Å². The first kappa shape index (κ1) is 16.1. The van der Waals surface area contributed by atoms with Gasteiger partial charge in [-0.15, -0.1) is 6.58 Å². The van der Waals surface area contributed by atoms with Crippen LogP contribution in [0.3, 0.4) is 0 Å². The molecule has 4 aliphatic rings. The number of hydrogen-bond donors (Lipinski definition) is 2. The zero-order chi connectivity index (χ0) is 16.4. The molecule has 0 amide bonds. The summed E-state index contributed by atoms with van der Waals surface area (Å²) >= 11 is 0. The van der Waals surface area contributed by atoms with Crippen LogP contribution in [0.25, 0.3) is 0 Å². The van der Waals surface area contributed by atoms with Crippen molar-refractivity contribution in [3.05, 3.63) is 12.7 Å². The smallest absolute Gasteiger partial charge is 0.0832 e. The van der Waals surface area contributed by atoms with Crippen LogP contribution in [0, 0.1) is 40.4 Å². The van der Waals surface area contributed by atoms with Gasteiger partial charge in [0, 0.05) is 0 Å². The molecule has 2 N–H and O–H groups in total. The highest BCUT2D eigenvalue weighted by Crippen LogP contribution is 2.67. The van der Waals surface area contributed by atoms with Crippen molar-refractivity contribution < 1.29 is 10.2 Å². The Balaban J connectivity index is 1.64. The predicted octanol–water partition coefficient (Wildman–Crippen LogP) is 4.16. The van der Waals surface area contributed by atoms with E-state index in [1.165, 1.54) is 32.1 Å². The van der Waals surface area contributed by atoms with Crippen molar-refractivity contribution in [1.82, 2.24) is 0 Å². The van der Waals surface area contributed by atoms with Crippen LogP contribution in [0.5, 0.6) is 0 Å². The first-order valence-electron chi connectivity index (χ1n) is 9.90. The van der Waals surface area contributed by atoms with Gasteiger partial charge in [0.05, 0.1) is 12.2 Å². The maximum Gasteiger partial charge on any atom is 0.0832 e. The van der Waals surface area contributed by atoms with E-state index in [0.29, 0.717) is 17.3 Å². The van der Waals surface area contributed by atoms with Gasteiger partial charge in [-0.3, -0.25) is 0 Å². The summed E-state index contributed by atoms with van der Waals surface area (Å²) in [5.41, 5.74) is 0.716. The van der Waals surface area contributed by atoms with Crippen LogP contribution >= 0.6 is 0 Å². The number of rotatable bonds is 1. The molecule has 0 saturated heterocycles. The van der Waals surface area contributed by atoms with Gasteiger partial charge in [-0.05, 0) is 91.8 Å². The molecule has 0 aromatic heterocycles. The number of aliphatic hydroxyl groups is 2. The Morgan fingerprint density at radius 3 is 2.22 bits per heavy atom. The molecular formula is C21H34O2. The minimum Gasteiger partial charge on any atom is -0.390 e. The van der Waals surface area contributed by atoms with Crippen LogP contribution in [-0.4, -0.2) is 22.4 Å². The Labute approximate surface area is 141 Å². The van der Waals surface area contributed by atoms with Gasteiger partial charge in [-0.1, -0.05) is 19.9 Å². The second-order valence-corrected chi connectivity index (χ2v) is 9.63. The molecule has 0 aromatic rings. The summed E-state index contributed by atoms with van der Waals surface area (Å²) in [6.45, 7) is 9.09. The second-order valence-electron chi connectivity index (χ2n) is 9.63. The molecule has 4 aliphatic carbocycles. The van der Waals surface area contributed by atoms with Crippen LogP contribution in [0.1, 0.15) is 65.2 Å². The molecule has 0 aliphatic heterocycles. The van der Waals surface area contributed by atoms with Crippen molar-refractivity contribution in [2.45, 2.75) is 77.4 Å². The fourth-order valence-corrected chi connectivity index (χ4v) is 7.74. The minimum absolute atomic E-state index is 0.245. The number of fused-ring (bicyclic) bond motifs is 5. The van der Waals surface area contributed by atoms with Gasteiger partial charge in [-0.25, -0.2) is 0 Å². The monoisotopic (exact) mass is 318 g/mol. The molecule has 0 aromatic carbocycles. The van der Waals surface area contributed by atoms with Crippen LogP contribution in [0.4, 0.5) is 0 Å². The SMILES string of the molecule is C=CC1CCC2C3CCC4C(O)C(O)CCC4(C)C3CCC12C. The zero-order valence-corrected chi connectivity index (χ0v) is 14.9. The molecule has 9 unspecified atom stereocenters. The van der Waals surface area contributed by atoms with Gasteiger partial charge in [0.1, 0.15) is 0 Å². The standard InChI is InChI=1S/C21H34O2/c1-4-13-5-7-15-14-6-8-17-19(23)18(22)10-12-21(17,3)16(14)9-11-20(13,15)2/h4,13-19,22-23H,1,5-12H2,2-3H3. The van der Waals surface area contributed by atoms with Gasteiger partial charge in [0.15, 0.2) is 0 Å². The first-order valence-corrected chi connectivity index (χ1v) is 9.90. The third kappa shape index (κ3) is 2.07. The summed E-state index contributed by atoms with van der Waals surface area (Å²) in [6, 6.07) is 0. The molecule has 130 valence electrons. The molecule has 4 fully saturated rings. The summed E-state index contributed by atoms with van der Waals surface area (Å²) in [4.78, 5) is 0. The van der Waals surface area contributed by atoms with E-state index < -0.39 is 12.2 Å². The maximum atomic E-state index is 10.6. The molecular weight excluding hydrogens is 284 g/mol. The van der Waals surface area contributed by atoms with Crippen LogP contribution in [-0.2, 0) is 0 Å². The highest BCUT2D eigenvalue weighted by Gasteiger charge is 2.61. The lowest BCUT2D eigenvalue weighted by Gasteiger charge is -2.61. The molecule has 4 saturated carbocycles. The van der Waals surface area contributed by atoms with E-state index in [1.807, 2.05) is 0 Å². The Morgan fingerprint density at radius 1 is 0.826 bits per heavy atom. The van der Waals surface area contributed by atoms with Gasteiger partial charge < -0.3 is 10.2 Å². The molecule has 4 rings (SSSR count). The van der Waals surface area contributed by atoms with E-state index in [0.717, 1.165) is 37.0 Å². The lowest BCUT2D eigenvalue weighted by Crippen LogP contribution is -2.58. The molecule has 0 bridgehead atoms. The third-order valence-corrected chi connectivity index (χ3v) is 9.09. The molecule has 9 atom stereocenters. The molecule has 23 heavy (non-hydrogen) atoms. The number of aliphatic hydroxyl groups excluding tert-OH is 2. The second kappa shape index (κ2) is 5.33. The van der Waals surface area contributed by atoms with Gasteiger partial charge >= 0.3 is 0 Å². The Kier molecular flexibility index (Phi) is 3.74. The average Bonchev–Trinajstić information content (AvgIpc) is 2.88. The van der Waals surface area contributed by atoms with Crippen LogP contribution in [0.2, 0.25) is 0 Å². The maximum absolute atomic E-state index is 10.6. The van der Waals surface area contributed by atoms with Crippen molar-refractivity contribution in [1.29, 1.82) is 0 Å². The van der Waals surface area contributed by atoms with Crippen molar-refractivity contribution in [2.75, 3.05) is 0 Å². The van der Waals surface area contributed by atoms with E-state index >= 15 is 0 Å². The van der Waals surface area contributed by atoms with Gasteiger partial charge in [0.2, 0.25) is 0 Å². The van der Waals surface area contributed by atoms with E-state index in [2.05, 4.69) is 26.5 Å². The van der Waals surface area contributed by atoms with Crippen LogP contribution < -0.4 is 0 Å². The van der Waals surface area contributed by atoms with Crippen molar-refractivity contribution in [2.24, 2.45) is 40.4 Å². The zero-order valence-electron chi connectivity index (χ0n) is 14.9. The minimum atomic E-state index is -0.493. The van der Waals surface area contributed by atoms with Crippen molar-refractivity contribution in [3.63, 3.8) is 0 Å². The summed E-state index contributed by atoms with van der Waals surface area (Å²) in [5, 5.41) is 20.7. The van der Waals surface area contributed by atoms with Crippen molar-refractivity contribution in [3.8, 4) is 0 Å². The highest BCUT2D eigenvalue weighted by molar-refractivity contribution is 5.12. The normalized spacial score (nSPS) is 58.9. The topological polar surface area (TPSA) is 40.5 Å². The molecule has 0 spiro atoms. The molecule has 0 heterocycles. The Morgan fingerprint density at radius 2 is 1.48 bits per heavy atom. The van der Waals surface area contributed by atoms with Gasteiger partial charge in [-0.2, -0.15) is 0 Å². The van der Waals surface area contributed by atoms with E-state index in [1.54, 1.807) is 0 Å². The lowest BCUT2D eigenvalue weighted by molar-refractivity contribution is -0.172. The summed E-state index contributed by atoms with van der Waals surface area (Å²) in [5.74, 6) is 3.46. The molecule has 2 heteroatoms. The summed E-state index contributed by atoms with van der Waals surface area (Å²) in [6.07, 6.45) is 10.9. The average molecular weight is 319 g/mol. The molecule has 2 nitrogen and oxygen atoms in total. The highest BCUT2D eigenvalue weighted by atomic mass is 16.3.